The van der Waals surface area contributed by atoms with Crippen LogP contribution in [-0.4, -0.2) is 50.3 Å². The highest BCUT2D eigenvalue weighted by molar-refractivity contribution is 4.91. The maximum absolute atomic E-state index is 5.79. The number of nitrogens with one attached hydrogen (secondary N) is 1. The molecule has 21 heavy (non-hydrogen) atoms. The second kappa shape index (κ2) is 8.50. The molecule has 0 spiro atoms. The molecule has 0 aromatic carbocycles. The fourth-order valence-electron chi connectivity index (χ4n) is 4.01. The molecule has 1 aliphatic heterocycles. The second-order valence-electron chi connectivity index (χ2n) is 7.74. The molecule has 0 aromatic rings. The molecule has 1 heterocycles. The van der Waals surface area contributed by atoms with E-state index in [-0.39, 0.29) is 0 Å². The van der Waals surface area contributed by atoms with Gasteiger partial charge in [0.05, 0.1) is 6.61 Å². The van der Waals surface area contributed by atoms with Crippen molar-refractivity contribution in [2.45, 2.75) is 65.3 Å². The molecular formula is C18H36N2O. The van der Waals surface area contributed by atoms with Gasteiger partial charge in [0, 0.05) is 37.7 Å². The predicted molar refractivity (Wildman–Crippen MR) is 89.7 cm³/mol. The van der Waals surface area contributed by atoms with Crippen LogP contribution in [0.2, 0.25) is 0 Å². The minimum atomic E-state index is 0.354. The Morgan fingerprint density at radius 2 is 2.05 bits per heavy atom. The minimum Gasteiger partial charge on any atom is -0.381 e. The molecule has 0 bridgehead atoms. The van der Waals surface area contributed by atoms with E-state index < -0.39 is 0 Å². The van der Waals surface area contributed by atoms with E-state index in [1.807, 2.05) is 0 Å². The zero-order valence-electron chi connectivity index (χ0n) is 14.5. The first-order valence-corrected chi connectivity index (χ1v) is 9.18. The monoisotopic (exact) mass is 296 g/mol. The number of hydrogen-bond donors (Lipinski definition) is 1. The summed E-state index contributed by atoms with van der Waals surface area (Å²) in [5, 5.41) is 3.66. The van der Waals surface area contributed by atoms with Crippen molar-refractivity contribution >= 4 is 0 Å². The second-order valence-corrected chi connectivity index (χ2v) is 7.74. The van der Waals surface area contributed by atoms with Crippen molar-refractivity contribution in [2.24, 2.45) is 11.3 Å². The summed E-state index contributed by atoms with van der Waals surface area (Å²) in [7, 11) is 0. The average molecular weight is 296 g/mol. The third-order valence-corrected chi connectivity index (χ3v) is 5.09. The Hall–Kier alpha value is -0.120. The van der Waals surface area contributed by atoms with Gasteiger partial charge in [0.15, 0.2) is 0 Å². The van der Waals surface area contributed by atoms with E-state index in [4.69, 9.17) is 4.74 Å². The smallest absolute Gasteiger partial charge is 0.0547 e. The Labute approximate surface area is 131 Å². The minimum absolute atomic E-state index is 0.354. The van der Waals surface area contributed by atoms with E-state index in [1.54, 1.807) is 0 Å². The highest BCUT2D eigenvalue weighted by atomic mass is 16.5. The topological polar surface area (TPSA) is 24.5 Å². The molecule has 0 aromatic heterocycles. The van der Waals surface area contributed by atoms with Crippen molar-refractivity contribution in [1.29, 1.82) is 0 Å². The van der Waals surface area contributed by atoms with E-state index in [9.17, 15) is 0 Å². The van der Waals surface area contributed by atoms with Crippen LogP contribution < -0.4 is 5.32 Å². The predicted octanol–water partition coefficient (Wildman–Crippen LogP) is 3.29. The average Bonchev–Trinajstić information content (AvgIpc) is 3.09. The van der Waals surface area contributed by atoms with E-state index in [0.717, 1.165) is 38.3 Å². The summed E-state index contributed by atoms with van der Waals surface area (Å²) in [5.74, 6) is 0.758. The van der Waals surface area contributed by atoms with Crippen molar-refractivity contribution in [3.05, 3.63) is 0 Å². The highest BCUT2D eigenvalue weighted by Gasteiger charge is 2.38. The van der Waals surface area contributed by atoms with Gasteiger partial charge in [-0.15, -0.1) is 0 Å². The summed E-state index contributed by atoms with van der Waals surface area (Å²) in [5.41, 5.74) is 0.354. The van der Waals surface area contributed by atoms with Gasteiger partial charge in [-0.25, -0.2) is 0 Å². The molecule has 1 saturated carbocycles. The molecule has 1 N–H and O–H groups in total. The van der Waals surface area contributed by atoms with Crippen LogP contribution in [0.1, 0.15) is 59.3 Å². The lowest BCUT2D eigenvalue weighted by Crippen LogP contribution is -2.48. The first kappa shape index (κ1) is 17.2. The third-order valence-electron chi connectivity index (χ3n) is 5.09. The van der Waals surface area contributed by atoms with Crippen molar-refractivity contribution < 1.29 is 4.74 Å². The number of nitrogens with zero attached hydrogens (tertiary/aromatic N) is 1. The Morgan fingerprint density at radius 1 is 1.29 bits per heavy atom. The molecule has 2 fully saturated rings. The largest absolute Gasteiger partial charge is 0.381 e. The van der Waals surface area contributed by atoms with Crippen LogP contribution in [-0.2, 0) is 4.74 Å². The van der Waals surface area contributed by atoms with Crippen molar-refractivity contribution in [2.75, 3.05) is 39.4 Å². The Bertz CT molecular complexity index is 281. The van der Waals surface area contributed by atoms with Crippen LogP contribution in [0.4, 0.5) is 0 Å². The van der Waals surface area contributed by atoms with Gasteiger partial charge in [0.25, 0.3) is 0 Å². The quantitative estimate of drug-likeness (QED) is 0.661. The molecule has 1 saturated heterocycles. The fourth-order valence-corrected chi connectivity index (χ4v) is 4.01. The molecule has 2 aliphatic rings. The maximum Gasteiger partial charge on any atom is 0.0547 e. The van der Waals surface area contributed by atoms with Gasteiger partial charge in [0.2, 0.25) is 0 Å². The van der Waals surface area contributed by atoms with Gasteiger partial charge in [0.1, 0.15) is 0 Å². The van der Waals surface area contributed by atoms with Gasteiger partial charge in [-0.1, -0.05) is 33.6 Å². The van der Waals surface area contributed by atoms with E-state index in [1.165, 1.54) is 51.6 Å². The van der Waals surface area contributed by atoms with Gasteiger partial charge < -0.3 is 10.1 Å². The Balaban J connectivity index is 1.96. The molecule has 2 rings (SSSR count). The van der Waals surface area contributed by atoms with Gasteiger partial charge in [-0.2, -0.15) is 0 Å². The molecule has 0 radical (unpaired) electrons. The van der Waals surface area contributed by atoms with Crippen LogP contribution in [0, 0.1) is 11.3 Å². The first-order chi connectivity index (χ1) is 10.2. The molecule has 1 aliphatic carbocycles. The summed E-state index contributed by atoms with van der Waals surface area (Å²) in [6.07, 6.45) is 8.12. The summed E-state index contributed by atoms with van der Waals surface area (Å²) >= 11 is 0. The summed E-state index contributed by atoms with van der Waals surface area (Å²) in [6, 6.07) is 0.830. The maximum atomic E-state index is 5.79. The van der Waals surface area contributed by atoms with Crippen molar-refractivity contribution in [3.8, 4) is 0 Å². The molecule has 1 unspecified atom stereocenters. The zero-order chi connectivity index (χ0) is 15.1. The van der Waals surface area contributed by atoms with Gasteiger partial charge in [-0.05, 0) is 38.1 Å². The fraction of sp³-hybridized carbons (Fsp3) is 1.00. The normalized spacial score (nSPS) is 27.3. The summed E-state index contributed by atoms with van der Waals surface area (Å²) in [6.45, 7) is 13.6. The molecule has 124 valence electrons. The molecule has 1 atom stereocenters. The number of ether oxygens (including phenoxy) is 1. The molecule has 0 amide bonds. The van der Waals surface area contributed by atoms with E-state index in [0.29, 0.717) is 5.41 Å². The van der Waals surface area contributed by atoms with Crippen LogP contribution in [0.25, 0.3) is 0 Å². The first-order valence-electron chi connectivity index (χ1n) is 9.18. The van der Waals surface area contributed by atoms with E-state index >= 15 is 0 Å². The molecule has 3 heteroatoms. The Morgan fingerprint density at radius 3 is 2.62 bits per heavy atom. The lowest BCUT2D eigenvalue weighted by Gasteiger charge is -2.38. The summed E-state index contributed by atoms with van der Waals surface area (Å²) in [4.78, 5) is 2.81. The number of hydrogen-bond acceptors (Lipinski definition) is 3. The lowest BCUT2D eigenvalue weighted by molar-refractivity contribution is 0.0779. The van der Waals surface area contributed by atoms with E-state index in [2.05, 4.69) is 31.0 Å². The lowest BCUT2D eigenvalue weighted by atomic mass is 9.85. The standard InChI is InChI=1S/C18H36N2O/c1-4-10-19-13-18(9-11-21-15-18)14-20(12-16(2)3)17-7-5-6-8-17/h16-17,19H,4-15H2,1-3H3. The third kappa shape index (κ3) is 5.22. The molecule has 3 nitrogen and oxygen atoms in total. The zero-order valence-corrected chi connectivity index (χ0v) is 14.5. The van der Waals surface area contributed by atoms with Crippen LogP contribution in [0.5, 0.6) is 0 Å². The van der Waals surface area contributed by atoms with Gasteiger partial charge in [-0.3, -0.25) is 4.90 Å². The van der Waals surface area contributed by atoms with Crippen LogP contribution >= 0.6 is 0 Å². The highest BCUT2D eigenvalue weighted by Crippen LogP contribution is 2.33. The SMILES string of the molecule is CCCNCC1(CN(CC(C)C)C2CCCC2)CCOC1. The van der Waals surface area contributed by atoms with Crippen molar-refractivity contribution in [3.63, 3.8) is 0 Å². The van der Waals surface area contributed by atoms with Gasteiger partial charge >= 0.3 is 0 Å². The van der Waals surface area contributed by atoms with Crippen LogP contribution in [0.15, 0.2) is 0 Å². The van der Waals surface area contributed by atoms with Crippen molar-refractivity contribution in [1.82, 2.24) is 10.2 Å². The number of rotatable bonds is 9. The Kier molecular flexibility index (Phi) is 6.97. The molecular weight excluding hydrogens is 260 g/mol. The van der Waals surface area contributed by atoms with Crippen LogP contribution in [0.3, 0.4) is 0 Å². The summed E-state index contributed by atoms with van der Waals surface area (Å²) < 4.78 is 5.79.